The highest BCUT2D eigenvalue weighted by molar-refractivity contribution is 5.53. The number of hydrogen-bond acceptors (Lipinski definition) is 1. The number of hydrogen-bond donors (Lipinski definition) is 0. The highest BCUT2D eigenvalue weighted by Gasteiger charge is 2.27. The van der Waals surface area contributed by atoms with Gasteiger partial charge >= 0.3 is 0 Å². The van der Waals surface area contributed by atoms with Crippen LogP contribution < -0.4 is 0 Å². The number of aldehydes is 1. The molecule has 2 heteroatoms. The summed E-state index contributed by atoms with van der Waals surface area (Å²) >= 11 is 0. The van der Waals surface area contributed by atoms with Gasteiger partial charge in [0.25, 0.3) is 0 Å². The number of benzene rings is 1. The van der Waals surface area contributed by atoms with Gasteiger partial charge in [-0.15, -0.1) is 0 Å². The standard InChI is InChI=1S/C30H45FO/c1-21-3-5-23(6-4-21)17-24-7-9-26(10-8-24)19-29-16-15-28(22(2)30(29)31)18-25-11-13-27(20-32)14-12-25/h15-16,20-21,23-27H,3-14,17-19H2,1-2H3. The van der Waals surface area contributed by atoms with Crippen LogP contribution in [0.15, 0.2) is 12.1 Å². The second-order valence-electron chi connectivity index (χ2n) is 11.9. The van der Waals surface area contributed by atoms with Crippen LogP contribution in [0.2, 0.25) is 0 Å². The van der Waals surface area contributed by atoms with Crippen LogP contribution in [0.5, 0.6) is 0 Å². The van der Waals surface area contributed by atoms with Crippen molar-refractivity contribution >= 4 is 6.29 Å². The lowest BCUT2D eigenvalue weighted by Gasteiger charge is -2.33. The molecule has 3 saturated carbocycles. The van der Waals surface area contributed by atoms with Crippen molar-refractivity contribution in [3.63, 3.8) is 0 Å². The van der Waals surface area contributed by atoms with Gasteiger partial charge in [-0.2, -0.15) is 0 Å². The van der Waals surface area contributed by atoms with E-state index in [4.69, 9.17) is 0 Å². The molecule has 0 unspecified atom stereocenters. The molecule has 3 aliphatic rings. The summed E-state index contributed by atoms with van der Waals surface area (Å²) in [5.41, 5.74) is 3.01. The molecule has 0 radical (unpaired) electrons. The average molecular weight is 441 g/mol. The Morgan fingerprint density at radius 3 is 1.81 bits per heavy atom. The quantitative estimate of drug-likeness (QED) is 0.390. The van der Waals surface area contributed by atoms with E-state index in [9.17, 15) is 4.79 Å². The number of carbonyl (C=O) groups is 1. The molecule has 0 bridgehead atoms. The maximum absolute atomic E-state index is 15.3. The Hall–Kier alpha value is -1.18. The minimum Gasteiger partial charge on any atom is -0.303 e. The highest BCUT2D eigenvalue weighted by Crippen LogP contribution is 2.39. The van der Waals surface area contributed by atoms with Crippen molar-refractivity contribution in [2.45, 2.75) is 110 Å². The molecule has 3 fully saturated rings. The van der Waals surface area contributed by atoms with E-state index in [1.807, 2.05) is 6.92 Å². The molecular formula is C30H45FO. The maximum atomic E-state index is 15.3. The molecule has 178 valence electrons. The lowest BCUT2D eigenvalue weighted by Crippen LogP contribution is -2.21. The van der Waals surface area contributed by atoms with Gasteiger partial charge in [0.15, 0.2) is 0 Å². The van der Waals surface area contributed by atoms with Crippen LogP contribution in [0.4, 0.5) is 4.39 Å². The van der Waals surface area contributed by atoms with E-state index in [1.165, 1.54) is 63.4 Å². The number of carbonyl (C=O) groups excluding carboxylic acids is 1. The molecule has 0 saturated heterocycles. The van der Waals surface area contributed by atoms with Gasteiger partial charge in [0.1, 0.15) is 12.1 Å². The van der Waals surface area contributed by atoms with Crippen LogP contribution in [0, 0.1) is 48.2 Å². The maximum Gasteiger partial charge on any atom is 0.129 e. The zero-order valence-electron chi connectivity index (χ0n) is 20.6. The number of rotatable bonds is 7. The Labute approximate surface area is 195 Å². The lowest BCUT2D eigenvalue weighted by atomic mass is 9.72. The smallest absolute Gasteiger partial charge is 0.129 e. The van der Waals surface area contributed by atoms with Gasteiger partial charge in [-0.3, -0.25) is 0 Å². The van der Waals surface area contributed by atoms with Crippen molar-refractivity contribution in [3.05, 3.63) is 34.6 Å². The lowest BCUT2D eigenvalue weighted by molar-refractivity contribution is -0.112. The molecule has 0 amide bonds. The molecular weight excluding hydrogens is 395 g/mol. The minimum absolute atomic E-state index is 0.0579. The summed E-state index contributed by atoms with van der Waals surface area (Å²) in [4.78, 5) is 11.0. The first-order valence-electron chi connectivity index (χ1n) is 13.7. The normalized spacial score (nSPS) is 33.7. The van der Waals surface area contributed by atoms with E-state index < -0.39 is 0 Å². The Morgan fingerprint density at radius 2 is 1.22 bits per heavy atom. The topological polar surface area (TPSA) is 17.1 Å². The van der Waals surface area contributed by atoms with Crippen LogP contribution in [0.1, 0.15) is 107 Å². The SMILES string of the molecule is Cc1c(CC2CCC(C=O)CC2)ccc(CC2CCC(CC3CCC(C)CC3)CC2)c1F. The van der Waals surface area contributed by atoms with Crippen LogP contribution in [0.3, 0.4) is 0 Å². The van der Waals surface area contributed by atoms with Crippen molar-refractivity contribution in [2.75, 3.05) is 0 Å². The molecule has 4 rings (SSSR count). The van der Waals surface area contributed by atoms with Crippen LogP contribution in [0.25, 0.3) is 0 Å². The second-order valence-corrected chi connectivity index (χ2v) is 11.9. The summed E-state index contributed by atoms with van der Waals surface area (Å²) in [5.74, 6) is 4.44. The Bertz CT molecular complexity index is 731. The van der Waals surface area contributed by atoms with E-state index in [0.29, 0.717) is 11.8 Å². The van der Waals surface area contributed by atoms with Crippen LogP contribution in [-0.2, 0) is 17.6 Å². The molecule has 0 aliphatic heterocycles. The predicted octanol–water partition coefficient (Wildman–Crippen LogP) is 8.25. The fourth-order valence-corrected chi connectivity index (χ4v) is 7.02. The summed E-state index contributed by atoms with van der Waals surface area (Å²) in [7, 11) is 0. The van der Waals surface area contributed by atoms with Gasteiger partial charge in [-0.25, -0.2) is 4.39 Å². The van der Waals surface area contributed by atoms with Crippen molar-refractivity contribution in [1.29, 1.82) is 0 Å². The molecule has 0 heterocycles. The third-order valence-corrected chi connectivity index (χ3v) is 9.45. The second kappa shape index (κ2) is 11.3. The number of halogens is 1. The van der Waals surface area contributed by atoms with Gasteiger partial charge in [0, 0.05) is 5.92 Å². The highest BCUT2D eigenvalue weighted by atomic mass is 19.1. The Balaban J connectivity index is 1.25. The Morgan fingerprint density at radius 1 is 0.750 bits per heavy atom. The van der Waals surface area contributed by atoms with Crippen molar-refractivity contribution in [2.24, 2.45) is 35.5 Å². The molecule has 0 N–H and O–H groups in total. The van der Waals surface area contributed by atoms with E-state index in [-0.39, 0.29) is 11.7 Å². The van der Waals surface area contributed by atoms with Gasteiger partial charge < -0.3 is 4.79 Å². The fraction of sp³-hybridized carbons (Fsp3) is 0.767. The van der Waals surface area contributed by atoms with Gasteiger partial charge in [0.05, 0.1) is 0 Å². The summed E-state index contributed by atoms with van der Waals surface area (Å²) < 4.78 is 15.3. The third kappa shape index (κ3) is 6.23. The Kier molecular flexibility index (Phi) is 8.46. The molecule has 32 heavy (non-hydrogen) atoms. The minimum atomic E-state index is 0.0579. The van der Waals surface area contributed by atoms with E-state index in [2.05, 4.69) is 19.1 Å². The fourth-order valence-electron chi connectivity index (χ4n) is 7.02. The van der Waals surface area contributed by atoms with Crippen LogP contribution >= 0.6 is 0 Å². The van der Waals surface area contributed by atoms with Gasteiger partial charge in [-0.1, -0.05) is 57.6 Å². The molecule has 0 spiro atoms. The first kappa shape index (κ1) is 24.0. The van der Waals surface area contributed by atoms with Crippen molar-refractivity contribution in [1.82, 2.24) is 0 Å². The zero-order chi connectivity index (χ0) is 22.5. The molecule has 1 nitrogen and oxygen atoms in total. The average Bonchev–Trinajstić information content (AvgIpc) is 2.82. The van der Waals surface area contributed by atoms with E-state index in [1.54, 1.807) is 0 Å². The largest absolute Gasteiger partial charge is 0.303 e. The molecule has 3 aliphatic carbocycles. The summed E-state index contributed by atoms with van der Waals surface area (Å²) in [5, 5.41) is 0. The summed E-state index contributed by atoms with van der Waals surface area (Å²) in [6.45, 7) is 4.39. The molecule has 0 aromatic heterocycles. The van der Waals surface area contributed by atoms with E-state index in [0.717, 1.165) is 73.7 Å². The monoisotopic (exact) mass is 440 g/mol. The van der Waals surface area contributed by atoms with E-state index >= 15 is 4.39 Å². The molecule has 1 aromatic rings. The molecule has 1 aromatic carbocycles. The van der Waals surface area contributed by atoms with Gasteiger partial charge in [-0.05, 0) is 111 Å². The summed E-state index contributed by atoms with van der Waals surface area (Å²) in [6, 6.07) is 4.29. The first-order chi connectivity index (χ1) is 15.5. The van der Waals surface area contributed by atoms with Crippen molar-refractivity contribution < 1.29 is 9.18 Å². The van der Waals surface area contributed by atoms with Gasteiger partial charge in [0.2, 0.25) is 0 Å². The van der Waals surface area contributed by atoms with Crippen LogP contribution in [-0.4, -0.2) is 6.29 Å². The molecule has 0 atom stereocenters. The summed E-state index contributed by atoms with van der Waals surface area (Å²) in [6.07, 6.45) is 19.8. The third-order valence-electron chi connectivity index (χ3n) is 9.45. The van der Waals surface area contributed by atoms with Crippen molar-refractivity contribution in [3.8, 4) is 0 Å². The predicted molar refractivity (Wildman–Crippen MR) is 131 cm³/mol. The first-order valence-corrected chi connectivity index (χ1v) is 13.7. The zero-order valence-corrected chi connectivity index (χ0v) is 20.6.